The van der Waals surface area contributed by atoms with Crippen molar-refractivity contribution >= 4 is 22.0 Å². The van der Waals surface area contributed by atoms with E-state index in [1.165, 1.54) is 19.2 Å². The summed E-state index contributed by atoms with van der Waals surface area (Å²) in [5.41, 5.74) is 8.22. The van der Waals surface area contributed by atoms with Crippen LogP contribution in [0.2, 0.25) is 0 Å². The number of benzene rings is 1. The van der Waals surface area contributed by atoms with Gasteiger partial charge in [-0.2, -0.15) is 0 Å². The van der Waals surface area contributed by atoms with Crippen LogP contribution in [0, 0.1) is 0 Å². The second kappa shape index (κ2) is 10.9. The highest BCUT2D eigenvalue weighted by Crippen LogP contribution is 2.17. The van der Waals surface area contributed by atoms with Gasteiger partial charge in [-0.3, -0.25) is 0 Å². The summed E-state index contributed by atoms with van der Waals surface area (Å²) in [5.74, 6) is 0.383. The molecule has 0 fully saturated rings. The molecule has 0 amide bonds. The topological polar surface area (TPSA) is 109 Å². The molecule has 0 aliphatic carbocycles. The lowest BCUT2D eigenvalue weighted by Gasteiger charge is -2.11. The molecule has 5 N–H and O–H groups in total. The number of anilines is 1. The summed E-state index contributed by atoms with van der Waals surface area (Å²) < 4.78 is 26.2. The number of allylic oxidation sites excluding steroid dienone is 5. The molecule has 0 aromatic heterocycles. The van der Waals surface area contributed by atoms with E-state index in [2.05, 4.69) is 33.5 Å². The molecule has 0 saturated heterocycles. The van der Waals surface area contributed by atoms with Gasteiger partial charge in [-0.05, 0) is 51.2 Å². The van der Waals surface area contributed by atoms with Gasteiger partial charge in [-0.1, -0.05) is 30.9 Å². The number of hydrogen-bond donors (Lipinski definition) is 4. The van der Waals surface area contributed by atoms with Crippen LogP contribution in [0.3, 0.4) is 0 Å². The van der Waals surface area contributed by atoms with Gasteiger partial charge in [0.25, 0.3) is 0 Å². The molecular weight excluding hydrogens is 374 g/mol. The Morgan fingerprint density at radius 2 is 1.96 bits per heavy atom. The van der Waals surface area contributed by atoms with Crippen LogP contribution in [0.4, 0.5) is 5.69 Å². The second-order valence-corrected chi connectivity index (χ2v) is 7.65. The number of nitrogens with two attached hydrogens (primary N) is 1. The molecule has 0 heterocycles. The molecule has 0 unspecified atom stereocenters. The van der Waals surface area contributed by atoms with Crippen LogP contribution in [-0.2, 0) is 10.0 Å². The zero-order chi connectivity index (χ0) is 21.2. The van der Waals surface area contributed by atoms with Crippen molar-refractivity contribution in [2.24, 2.45) is 10.7 Å². The highest BCUT2D eigenvalue weighted by atomic mass is 32.2. The maximum absolute atomic E-state index is 12.0. The van der Waals surface area contributed by atoms with E-state index in [1.807, 2.05) is 32.1 Å². The van der Waals surface area contributed by atoms with Crippen molar-refractivity contribution in [3.8, 4) is 0 Å². The van der Waals surface area contributed by atoms with Crippen molar-refractivity contribution in [1.29, 1.82) is 0 Å². The van der Waals surface area contributed by atoms with Gasteiger partial charge in [0, 0.05) is 23.2 Å². The molecule has 0 saturated carbocycles. The van der Waals surface area contributed by atoms with Gasteiger partial charge < -0.3 is 16.4 Å². The van der Waals surface area contributed by atoms with Crippen molar-refractivity contribution < 1.29 is 8.42 Å². The largest absolute Gasteiger partial charge is 0.390 e. The van der Waals surface area contributed by atoms with Gasteiger partial charge >= 0.3 is 0 Å². The Morgan fingerprint density at radius 1 is 1.25 bits per heavy atom. The lowest BCUT2D eigenvalue weighted by Crippen LogP contribution is -2.18. The fourth-order valence-electron chi connectivity index (χ4n) is 2.15. The van der Waals surface area contributed by atoms with Gasteiger partial charge in [-0.15, -0.1) is 0 Å². The monoisotopic (exact) mass is 401 g/mol. The summed E-state index contributed by atoms with van der Waals surface area (Å²) in [7, 11) is -2.19. The van der Waals surface area contributed by atoms with Crippen molar-refractivity contribution in [1.82, 2.24) is 10.0 Å². The smallest absolute Gasteiger partial charge is 0.240 e. The van der Waals surface area contributed by atoms with E-state index in [1.54, 1.807) is 18.2 Å². The standard InChI is InChI=1S/C20H27N5O2S/c1-6-8-17(11-15(2)3)24-16(4)12-20(23-14-21)25-18-9-7-10-19(13-18)28(26,27)22-5/h6-14,22,24-25H,2,4H2,1,3,5H3,(H2,21,23)/b8-6-,17-11+,20-12+. The molecule has 1 aromatic rings. The molecule has 1 rings (SSSR count). The molecule has 8 heteroatoms. The Hall–Kier alpha value is -3.10. The van der Waals surface area contributed by atoms with E-state index in [4.69, 9.17) is 5.73 Å². The van der Waals surface area contributed by atoms with Crippen LogP contribution in [0.5, 0.6) is 0 Å². The molecular formula is C20H27N5O2S. The van der Waals surface area contributed by atoms with Crippen molar-refractivity contribution in [2.75, 3.05) is 12.4 Å². The number of hydrogen-bond acceptors (Lipinski definition) is 5. The lowest BCUT2D eigenvalue weighted by atomic mass is 10.2. The third kappa shape index (κ3) is 7.65. The summed E-state index contributed by atoms with van der Waals surface area (Å²) in [5, 5.41) is 6.18. The van der Waals surface area contributed by atoms with Crippen LogP contribution in [0.25, 0.3) is 0 Å². The molecule has 1 aromatic carbocycles. The Morgan fingerprint density at radius 3 is 2.54 bits per heavy atom. The van der Waals surface area contributed by atoms with Crippen molar-refractivity contribution in [3.63, 3.8) is 0 Å². The Balaban J connectivity index is 3.10. The van der Waals surface area contributed by atoms with E-state index in [9.17, 15) is 8.42 Å². The van der Waals surface area contributed by atoms with Gasteiger partial charge in [0.05, 0.1) is 11.2 Å². The van der Waals surface area contributed by atoms with Gasteiger partial charge in [0.15, 0.2) is 0 Å². The minimum Gasteiger partial charge on any atom is -0.390 e. The molecule has 150 valence electrons. The van der Waals surface area contributed by atoms with E-state index in [-0.39, 0.29) is 4.90 Å². The average molecular weight is 402 g/mol. The number of rotatable bonds is 10. The molecule has 0 aliphatic heterocycles. The second-order valence-electron chi connectivity index (χ2n) is 5.76. The summed E-state index contributed by atoms with van der Waals surface area (Å²) in [6.07, 6.45) is 8.45. The first-order valence-corrected chi connectivity index (χ1v) is 9.92. The Kier molecular flexibility index (Phi) is 8.94. The molecule has 0 bridgehead atoms. The van der Waals surface area contributed by atoms with Crippen molar-refractivity contribution in [3.05, 3.63) is 84.5 Å². The normalized spacial score (nSPS) is 13.1. The quantitative estimate of drug-likeness (QED) is 0.274. The highest BCUT2D eigenvalue weighted by Gasteiger charge is 2.11. The fourth-order valence-corrected chi connectivity index (χ4v) is 2.93. The van der Waals surface area contributed by atoms with E-state index in [0.29, 0.717) is 17.2 Å². The zero-order valence-electron chi connectivity index (χ0n) is 16.4. The average Bonchev–Trinajstić information content (AvgIpc) is 2.61. The molecule has 0 atom stereocenters. The highest BCUT2D eigenvalue weighted by molar-refractivity contribution is 7.89. The predicted octanol–water partition coefficient (Wildman–Crippen LogP) is 2.97. The van der Waals surface area contributed by atoms with E-state index in [0.717, 1.165) is 17.6 Å². The first kappa shape index (κ1) is 22.9. The van der Waals surface area contributed by atoms with E-state index < -0.39 is 10.0 Å². The molecule has 28 heavy (non-hydrogen) atoms. The summed E-state index contributed by atoms with van der Waals surface area (Å²) in [6.45, 7) is 11.6. The SMILES string of the molecule is C=C(C)/C=C(\C=C/C)NC(=C)/C=C(\N=C/N)Nc1cccc(S(=O)(=O)NC)c1. The molecule has 7 nitrogen and oxygen atoms in total. The van der Waals surface area contributed by atoms with Crippen LogP contribution >= 0.6 is 0 Å². The zero-order valence-corrected chi connectivity index (χ0v) is 17.2. The minimum atomic E-state index is -3.55. The predicted molar refractivity (Wildman–Crippen MR) is 117 cm³/mol. The fraction of sp³-hybridized carbons (Fsp3) is 0.150. The Bertz CT molecular complexity index is 941. The van der Waals surface area contributed by atoms with Crippen LogP contribution < -0.4 is 21.1 Å². The molecule has 0 aliphatic rings. The molecule has 0 radical (unpaired) electrons. The number of nitrogens with one attached hydrogen (secondary N) is 3. The third-order valence-corrected chi connectivity index (χ3v) is 4.68. The lowest BCUT2D eigenvalue weighted by molar-refractivity contribution is 0.588. The van der Waals surface area contributed by atoms with Gasteiger partial charge in [0.2, 0.25) is 10.0 Å². The molecule has 0 spiro atoms. The van der Waals surface area contributed by atoms with Crippen LogP contribution in [-0.4, -0.2) is 21.8 Å². The number of nitrogens with zero attached hydrogens (tertiary/aromatic N) is 1. The first-order valence-electron chi connectivity index (χ1n) is 8.44. The van der Waals surface area contributed by atoms with Crippen molar-refractivity contribution in [2.45, 2.75) is 18.7 Å². The first-order chi connectivity index (χ1) is 13.2. The van der Waals surface area contributed by atoms with E-state index >= 15 is 0 Å². The van der Waals surface area contributed by atoms with Gasteiger partial charge in [0.1, 0.15) is 5.82 Å². The maximum Gasteiger partial charge on any atom is 0.240 e. The summed E-state index contributed by atoms with van der Waals surface area (Å²) >= 11 is 0. The number of aliphatic imine (C=N–C) groups is 1. The van der Waals surface area contributed by atoms with Gasteiger partial charge in [-0.25, -0.2) is 18.1 Å². The minimum absolute atomic E-state index is 0.132. The maximum atomic E-state index is 12.0. The Labute approximate surface area is 167 Å². The number of sulfonamides is 1. The van der Waals surface area contributed by atoms with Crippen LogP contribution in [0.1, 0.15) is 13.8 Å². The third-order valence-electron chi connectivity index (χ3n) is 3.26. The summed E-state index contributed by atoms with van der Waals surface area (Å²) in [6, 6.07) is 6.34. The van der Waals surface area contributed by atoms with Crippen LogP contribution in [0.15, 0.2) is 94.4 Å². The summed E-state index contributed by atoms with van der Waals surface area (Å²) in [4.78, 5) is 4.20.